The molecule has 1 aliphatic heterocycles. The molecule has 28 heavy (non-hydrogen) atoms. The summed E-state index contributed by atoms with van der Waals surface area (Å²) < 4.78 is 25.3. The Balaban J connectivity index is 1.62. The number of sulfone groups is 1. The van der Waals surface area contributed by atoms with Gasteiger partial charge >= 0.3 is 0 Å². The third-order valence-corrected chi connectivity index (χ3v) is 7.48. The quantitative estimate of drug-likeness (QED) is 0.753. The fourth-order valence-electron chi connectivity index (χ4n) is 2.70. The molecule has 0 radical (unpaired) electrons. The highest BCUT2D eigenvalue weighted by Crippen LogP contribution is 2.34. The molecule has 1 heterocycles. The summed E-state index contributed by atoms with van der Waals surface area (Å²) in [4.78, 5) is 25.0. The van der Waals surface area contributed by atoms with E-state index < -0.39 is 9.84 Å². The summed E-state index contributed by atoms with van der Waals surface area (Å²) in [6.45, 7) is 2.19. The van der Waals surface area contributed by atoms with Crippen molar-refractivity contribution in [1.29, 1.82) is 0 Å². The van der Waals surface area contributed by atoms with E-state index in [-0.39, 0.29) is 34.8 Å². The number of hydrogen-bond donors (Lipinski definition) is 2. The predicted molar refractivity (Wildman–Crippen MR) is 110 cm³/mol. The number of rotatable bonds is 6. The molecule has 0 aliphatic carbocycles. The Kier molecular flexibility index (Phi) is 6.41. The van der Waals surface area contributed by atoms with E-state index in [2.05, 4.69) is 10.6 Å². The Morgan fingerprint density at radius 1 is 1.21 bits per heavy atom. The number of anilines is 1. The van der Waals surface area contributed by atoms with Gasteiger partial charge in [0.05, 0.1) is 16.3 Å². The van der Waals surface area contributed by atoms with Crippen LogP contribution in [0, 0.1) is 5.92 Å². The molecule has 2 aromatic rings. The maximum absolute atomic E-state index is 12.6. The van der Waals surface area contributed by atoms with Crippen molar-refractivity contribution in [2.75, 3.05) is 16.8 Å². The lowest BCUT2D eigenvalue weighted by Gasteiger charge is -2.10. The standard InChI is InChI=1S/C20H22N2O4S2/c1-14-13-27-18-8-7-16(11-17(18)22-20(14)24)28(25,26)10-9-19(23)21-12-15-5-3-2-4-6-15/h2-8,11,14H,9-10,12-13H2,1H3,(H,21,23)(H,22,24)/t14-/m0/s1. The normalized spacial score (nSPS) is 16.6. The number of hydrogen-bond acceptors (Lipinski definition) is 5. The largest absolute Gasteiger partial charge is 0.352 e. The molecule has 0 bridgehead atoms. The number of carbonyl (C=O) groups excluding carboxylic acids is 2. The van der Waals surface area contributed by atoms with E-state index in [4.69, 9.17) is 0 Å². The van der Waals surface area contributed by atoms with Crippen LogP contribution in [0.25, 0.3) is 0 Å². The van der Waals surface area contributed by atoms with Crippen molar-refractivity contribution in [3.05, 3.63) is 54.1 Å². The van der Waals surface area contributed by atoms with E-state index in [1.54, 1.807) is 6.07 Å². The van der Waals surface area contributed by atoms with E-state index in [1.165, 1.54) is 23.9 Å². The van der Waals surface area contributed by atoms with Gasteiger partial charge in [-0.1, -0.05) is 37.3 Å². The molecule has 148 valence electrons. The maximum Gasteiger partial charge on any atom is 0.228 e. The molecule has 6 nitrogen and oxygen atoms in total. The van der Waals surface area contributed by atoms with Gasteiger partial charge < -0.3 is 10.6 Å². The highest BCUT2D eigenvalue weighted by molar-refractivity contribution is 7.99. The van der Waals surface area contributed by atoms with Crippen molar-refractivity contribution >= 4 is 39.1 Å². The fraction of sp³-hybridized carbons (Fsp3) is 0.300. The lowest BCUT2D eigenvalue weighted by Crippen LogP contribution is -2.25. The summed E-state index contributed by atoms with van der Waals surface area (Å²) in [6, 6.07) is 14.1. The minimum Gasteiger partial charge on any atom is -0.352 e. The molecule has 8 heteroatoms. The second-order valence-electron chi connectivity index (χ2n) is 6.69. The number of benzene rings is 2. The van der Waals surface area contributed by atoms with Gasteiger partial charge in [0.2, 0.25) is 11.8 Å². The molecule has 2 aromatic carbocycles. The lowest BCUT2D eigenvalue weighted by molar-refractivity contribution is -0.121. The Labute approximate surface area is 169 Å². The summed E-state index contributed by atoms with van der Waals surface area (Å²) in [5.41, 5.74) is 1.46. The van der Waals surface area contributed by atoms with Crippen LogP contribution in [-0.2, 0) is 26.0 Å². The smallest absolute Gasteiger partial charge is 0.228 e. The van der Waals surface area contributed by atoms with Gasteiger partial charge in [0, 0.05) is 29.5 Å². The van der Waals surface area contributed by atoms with E-state index in [0.29, 0.717) is 18.0 Å². The molecule has 0 spiro atoms. The van der Waals surface area contributed by atoms with Gasteiger partial charge in [-0.25, -0.2) is 8.42 Å². The molecule has 0 saturated carbocycles. The van der Waals surface area contributed by atoms with Crippen LogP contribution in [0.3, 0.4) is 0 Å². The first-order valence-corrected chi connectivity index (χ1v) is 11.6. The molecule has 0 saturated heterocycles. The molecule has 2 amide bonds. The average molecular weight is 419 g/mol. The van der Waals surface area contributed by atoms with Crippen LogP contribution in [0.4, 0.5) is 5.69 Å². The molecule has 0 aromatic heterocycles. The summed E-state index contributed by atoms with van der Waals surface area (Å²) in [5, 5.41) is 5.51. The van der Waals surface area contributed by atoms with Gasteiger partial charge in [-0.05, 0) is 23.8 Å². The fourth-order valence-corrected chi connectivity index (χ4v) is 4.98. The summed E-state index contributed by atoms with van der Waals surface area (Å²) >= 11 is 1.52. The third-order valence-electron chi connectivity index (χ3n) is 4.43. The molecular formula is C20H22N2O4S2. The highest BCUT2D eigenvalue weighted by Gasteiger charge is 2.23. The first-order valence-electron chi connectivity index (χ1n) is 8.96. The van der Waals surface area contributed by atoms with Crippen LogP contribution >= 0.6 is 11.8 Å². The van der Waals surface area contributed by atoms with Crippen LogP contribution in [0.2, 0.25) is 0 Å². The van der Waals surface area contributed by atoms with Crippen molar-refractivity contribution in [3.8, 4) is 0 Å². The van der Waals surface area contributed by atoms with Gasteiger partial charge in [0.25, 0.3) is 0 Å². The van der Waals surface area contributed by atoms with E-state index in [1.807, 2.05) is 37.3 Å². The molecular weight excluding hydrogens is 396 g/mol. The number of nitrogens with one attached hydrogen (secondary N) is 2. The van der Waals surface area contributed by atoms with Crippen molar-refractivity contribution < 1.29 is 18.0 Å². The zero-order chi connectivity index (χ0) is 20.1. The maximum atomic E-state index is 12.6. The van der Waals surface area contributed by atoms with Crippen molar-refractivity contribution in [2.24, 2.45) is 5.92 Å². The van der Waals surface area contributed by atoms with Crippen LogP contribution in [-0.4, -0.2) is 31.7 Å². The summed E-state index contributed by atoms with van der Waals surface area (Å²) in [6.07, 6.45) is -0.121. The van der Waals surface area contributed by atoms with Gasteiger partial charge in [-0.2, -0.15) is 0 Å². The Bertz CT molecular complexity index is 975. The molecule has 2 N–H and O–H groups in total. The number of thioether (sulfide) groups is 1. The number of carbonyl (C=O) groups is 2. The molecule has 3 rings (SSSR count). The monoisotopic (exact) mass is 418 g/mol. The molecule has 0 unspecified atom stereocenters. The van der Waals surface area contributed by atoms with E-state index in [0.717, 1.165) is 10.5 Å². The van der Waals surface area contributed by atoms with E-state index in [9.17, 15) is 18.0 Å². The van der Waals surface area contributed by atoms with Crippen LogP contribution in [0.15, 0.2) is 58.3 Å². The lowest BCUT2D eigenvalue weighted by atomic mass is 10.2. The second kappa shape index (κ2) is 8.79. The topological polar surface area (TPSA) is 92.3 Å². The van der Waals surface area contributed by atoms with Crippen LogP contribution in [0.1, 0.15) is 18.9 Å². The Morgan fingerprint density at radius 2 is 1.96 bits per heavy atom. The Hall–Kier alpha value is -2.32. The summed E-state index contributed by atoms with van der Waals surface area (Å²) in [7, 11) is -3.64. The second-order valence-corrected chi connectivity index (χ2v) is 9.86. The van der Waals surface area contributed by atoms with Gasteiger partial charge in [0.15, 0.2) is 9.84 Å². The van der Waals surface area contributed by atoms with Crippen molar-refractivity contribution in [1.82, 2.24) is 5.32 Å². The molecule has 0 fully saturated rings. The summed E-state index contributed by atoms with van der Waals surface area (Å²) in [5.74, 6) is -0.233. The zero-order valence-corrected chi connectivity index (χ0v) is 17.1. The first kappa shape index (κ1) is 20.4. The first-order chi connectivity index (χ1) is 13.3. The molecule has 1 aliphatic rings. The van der Waals surface area contributed by atoms with Gasteiger partial charge in [-0.3, -0.25) is 9.59 Å². The van der Waals surface area contributed by atoms with Crippen molar-refractivity contribution in [3.63, 3.8) is 0 Å². The Morgan fingerprint density at radius 3 is 2.71 bits per heavy atom. The van der Waals surface area contributed by atoms with Crippen LogP contribution in [0.5, 0.6) is 0 Å². The number of amides is 2. The average Bonchev–Trinajstić information content (AvgIpc) is 2.83. The third kappa shape index (κ3) is 5.14. The number of fused-ring (bicyclic) bond motifs is 1. The minimum absolute atomic E-state index is 0.109. The molecule has 1 atom stereocenters. The highest BCUT2D eigenvalue weighted by atomic mass is 32.2. The predicted octanol–water partition coefficient (Wildman–Crippen LogP) is 2.85. The SMILES string of the molecule is C[C@H]1CSc2ccc(S(=O)(=O)CCC(=O)NCc3ccccc3)cc2NC1=O. The minimum atomic E-state index is -3.64. The zero-order valence-electron chi connectivity index (χ0n) is 15.5. The van der Waals surface area contributed by atoms with Gasteiger partial charge in [0.1, 0.15) is 0 Å². The van der Waals surface area contributed by atoms with Crippen molar-refractivity contribution in [2.45, 2.75) is 29.7 Å². The van der Waals surface area contributed by atoms with Gasteiger partial charge in [-0.15, -0.1) is 11.8 Å². The van der Waals surface area contributed by atoms with E-state index >= 15 is 0 Å². The van der Waals surface area contributed by atoms with Crippen LogP contribution < -0.4 is 10.6 Å².